The monoisotopic (exact) mass is 718 g/mol. The van der Waals surface area contributed by atoms with Crippen LogP contribution in [0.4, 0.5) is 5.82 Å². The zero-order valence-electron chi connectivity index (χ0n) is 21.9. The molecule has 4 heterocycles. The maximum absolute atomic E-state index is 12.4. The van der Waals surface area contributed by atoms with E-state index >= 15 is 0 Å². The molecule has 3 aliphatic rings. The average molecular weight is 718 g/mol. The lowest BCUT2D eigenvalue weighted by atomic mass is 9.99. The second-order valence-electron chi connectivity index (χ2n) is 9.21. The van der Waals surface area contributed by atoms with Crippen molar-refractivity contribution in [2.75, 3.05) is 12.3 Å². The molecule has 250 valence electrons. The van der Waals surface area contributed by atoms with Crippen LogP contribution in [0.15, 0.2) is 36.2 Å². The van der Waals surface area contributed by atoms with Crippen molar-refractivity contribution in [3.8, 4) is 0 Å². The number of hydrogen-bond donors (Lipinski definition) is 5. The fourth-order valence-corrected chi connectivity index (χ4v) is 7.75. The van der Waals surface area contributed by atoms with Crippen molar-refractivity contribution in [1.29, 1.82) is 0 Å². The molecular weight excluding hydrogens is 701 g/mol. The maximum Gasteiger partial charge on any atom is 0.490 e. The highest BCUT2D eigenvalue weighted by atomic mass is 31.3. The van der Waals surface area contributed by atoms with Crippen LogP contribution >= 0.6 is 23.5 Å². The number of fused-ring (bicyclic) bond motifs is 2. The Kier molecular flexibility index (Phi) is 8.44. The van der Waals surface area contributed by atoms with Crippen LogP contribution in [0.3, 0.4) is 0 Å². The van der Waals surface area contributed by atoms with Crippen LogP contribution in [0.1, 0.15) is 6.23 Å². The Morgan fingerprint density at radius 3 is 2.11 bits per heavy atom. The normalized spacial score (nSPS) is 30.3. The Hall–Kier alpha value is -3.68. The molecule has 6 atom stereocenters. The van der Waals surface area contributed by atoms with Gasteiger partial charge in [-0.2, -0.15) is 8.62 Å². The molecule has 5 rings (SSSR count). The number of imidazole rings is 1. The zero-order valence-corrected chi connectivity index (χ0v) is 24.5. The van der Waals surface area contributed by atoms with E-state index in [9.17, 15) is 53.8 Å². The van der Waals surface area contributed by atoms with Crippen molar-refractivity contribution in [2.45, 2.75) is 36.4 Å². The summed E-state index contributed by atoms with van der Waals surface area (Å²) in [6, 6.07) is -2.05. The quantitative estimate of drug-likeness (QED) is 0.107. The number of anilines is 1. The minimum atomic E-state index is -5.94. The Labute approximate surface area is 251 Å². The molecule has 0 saturated carbocycles. The molecule has 0 aromatic carbocycles. The summed E-state index contributed by atoms with van der Waals surface area (Å²) in [7, 11) is -17.4. The Morgan fingerprint density at radius 1 is 0.935 bits per heavy atom. The van der Waals surface area contributed by atoms with E-state index in [-0.39, 0.29) is 17.0 Å². The SMILES string of the molecule is Nc1ncnc2c1ncn2[C@@H]1O[C@H](COP(=O)(O)OP(=O)(O)OP(=O)(O)O)[C@H]2OC3(O[C@H]21)C([N+](=O)[O-])=CC([N+](=O)[O-])C=C3[N+](=O)[O-]. The molecule has 46 heavy (non-hydrogen) atoms. The summed E-state index contributed by atoms with van der Waals surface area (Å²) in [5.41, 5.74) is 3.22. The standard InChI is InChI=1S/C16H17N8O19P3/c17-13-10-14(19-4-18-13)21(5-20-10)15-12-11(7(39-15)3-38-45(34,35)43-46(36,37)42-44(31,32)33)40-16(41-12)8(23(27)28)1-6(22(25)26)2-9(16)24(29)30/h1-2,4-7,11-12,15H,3H2,(H,34,35)(H,36,37)(H2,17,18,19)(H2,31,32,33)/t6?,7-,11-,12-,15-,16?/m1/s1. The lowest BCUT2D eigenvalue weighted by Gasteiger charge is -2.28. The number of nitro groups is 3. The third kappa shape index (κ3) is 6.32. The first-order valence-electron chi connectivity index (χ1n) is 11.8. The van der Waals surface area contributed by atoms with Gasteiger partial charge in [0.1, 0.15) is 30.2 Å². The molecule has 2 aromatic rings. The Bertz CT molecular complexity index is 1810. The van der Waals surface area contributed by atoms with Gasteiger partial charge in [-0.05, 0) is 0 Å². The number of phosphoric ester groups is 1. The van der Waals surface area contributed by atoms with Crippen LogP contribution in [0.25, 0.3) is 11.2 Å². The number of nitrogen functional groups attached to an aromatic ring is 1. The first-order chi connectivity index (χ1) is 21.2. The molecule has 2 unspecified atom stereocenters. The molecule has 2 saturated heterocycles. The molecule has 0 radical (unpaired) electrons. The van der Waals surface area contributed by atoms with Crippen molar-refractivity contribution >= 4 is 40.4 Å². The van der Waals surface area contributed by atoms with Gasteiger partial charge in [-0.15, -0.1) is 0 Å². The molecule has 27 nitrogen and oxygen atoms in total. The summed E-state index contributed by atoms with van der Waals surface area (Å²) in [5.74, 6) is -3.14. The van der Waals surface area contributed by atoms with Crippen LogP contribution in [0, 0.1) is 30.3 Å². The molecule has 0 bridgehead atoms. The third-order valence-electron chi connectivity index (χ3n) is 6.34. The van der Waals surface area contributed by atoms with Crippen molar-refractivity contribution in [3.05, 3.63) is 66.5 Å². The summed E-state index contributed by atoms with van der Waals surface area (Å²) in [5, 5.41) is 35.6. The van der Waals surface area contributed by atoms with Gasteiger partial charge in [-0.3, -0.25) is 39.4 Å². The smallest absolute Gasteiger partial charge is 0.382 e. The topological polar surface area (TPSA) is 387 Å². The molecule has 1 aliphatic carbocycles. The molecule has 6 N–H and O–H groups in total. The number of ether oxygens (including phenoxy) is 3. The van der Waals surface area contributed by atoms with Crippen LogP contribution < -0.4 is 5.73 Å². The molecule has 2 aliphatic heterocycles. The lowest BCUT2D eigenvalue weighted by Crippen LogP contribution is -2.47. The molecule has 1 spiro atoms. The summed E-state index contributed by atoms with van der Waals surface area (Å²) >= 11 is 0. The van der Waals surface area contributed by atoms with E-state index in [1.165, 1.54) is 0 Å². The number of nitrogens with two attached hydrogens (primary N) is 1. The van der Waals surface area contributed by atoms with Gasteiger partial charge in [0.2, 0.25) is 0 Å². The first-order valence-corrected chi connectivity index (χ1v) is 16.3. The number of aromatic nitrogens is 4. The minimum absolute atomic E-state index is 0.0104. The van der Waals surface area contributed by atoms with Gasteiger partial charge in [-0.1, -0.05) is 0 Å². The summed E-state index contributed by atoms with van der Waals surface area (Å²) in [4.78, 5) is 80.6. The van der Waals surface area contributed by atoms with Crippen LogP contribution in [-0.2, 0) is 41.1 Å². The van der Waals surface area contributed by atoms with Crippen molar-refractivity contribution in [1.82, 2.24) is 19.5 Å². The van der Waals surface area contributed by atoms with Crippen molar-refractivity contribution in [3.63, 3.8) is 0 Å². The van der Waals surface area contributed by atoms with Crippen LogP contribution in [0.2, 0.25) is 0 Å². The summed E-state index contributed by atoms with van der Waals surface area (Å²) < 4.78 is 65.3. The van der Waals surface area contributed by atoms with Gasteiger partial charge in [0, 0.05) is 4.92 Å². The van der Waals surface area contributed by atoms with E-state index < -0.39 is 92.6 Å². The molecule has 2 fully saturated rings. The first kappa shape index (κ1) is 33.7. The Balaban J connectivity index is 1.53. The fourth-order valence-electron chi connectivity index (χ4n) is 4.72. The highest BCUT2D eigenvalue weighted by Gasteiger charge is 2.71. The van der Waals surface area contributed by atoms with Crippen LogP contribution in [0.5, 0.6) is 0 Å². The highest BCUT2D eigenvalue weighted by molar-refractivity contribution is 7.66. The van der Waals surface area contributed by atoms with E-state index in [0.717, 1.165) is 17.2 Å². The second kappa shape index (κ2) is 11.5. The summed E-state index contributed by atoms with van der Waals surface area (Å²) in [6.45, 7) is -1.20. The largest absolute Gasteiger partial charge is 0.490 e. The average Bonchev–Trinajstić information content (AvgIpc) is 3.58. The minimum Gasteiger partial charge on any atom is -0.382 e. The molecule has 0 amide bonds. The van der Waals surface area contributed by atoms with E-state index in [2.05, 4.69) is 28.1 Å². The maximum atomic E-state index is 12.4. The number of hydrogen-bond acceptors (Lipinski definition) is 19. The Morgan fingerprint density at radius 2 is 1.54 bits per heavy atom. The fraction of sp³-hybridized carbons (Fsp3) is 0.438. The van der Waals surface area contributed by atoms with Crippen molar-refractivity contribution < 1.29 is 75.4 Å². The molecule has 2 aromatic heterocycles. The van der Waals surface area contributed by atoms with Crippen LogP contribution in [-0.4, -0.2) is 90.6 Å². The second-order valence-corrected chi connectivity index (χ2v) is 13.6. The van der Waals surface area contributed by atoms with Gasteiger partial charge in [-0.25, -0.2) is 28.6 Å². The molecular formula is C16H17N8O19P3. The van der Waals surface area contributed by atoms with E-state index in [0.29, 0.717) is 12.2 Å². The zero-order chi connectivity index (χ0) is 34.0. The summed E-state index contributed by atoms with van der Waals surface area (Å²) in [6.07, 6.45) is -3.71. The van der Waals surface area contributed by atoms with Gasteiger partial charge in [0.15, 0.2) is 17.7 Å². The predicted octanol–water partition coefficient (Wildman–Crippen LogP) is -0.890. The number of nitrogens with zero attached hydrogens (tertiary/aromatic N) is 7. The van der Waals surface area contributed by atoms with Gasteiger partial charge >= 0.3 is 40.6 Å². The number of phosphoric acid groups is 3. The van der Waals surface area contributed by atoms with E-state index in [1.807, 2.05) is 0 Å². The van der Waals surface area contributed by atoms with E-state index in [1.54, 1.807) is 0 Å². The van der Waals surface area contributed by atoms with E-state index in [4.69, 9.17) is 29.7 Å². The van der Waals surface area contributed by atoms with Gasteiger partial charge in [0.05, 0.1) is 34.9 Å². The lowest BCUT2D eigenvalue weighted by molar-refractivity contribution is -0.522. The highest BCUT2D eigenvalue weighted by Crippen LogP contribution is 2.66. The predicted molar refractivity (Wildman–Crippen MR) is 137 cm³/mol. The van der Waals surface area contributed by atoms with Gasteiger partial charge in [0.25, 0.3) is 6.04 Å². The van der Waals surface area contributed by atoms with Gasteiger partial charge < -0.3 is 39.5 Å². The number of rotatable bonds is 11. The third-order valence-corrected chi connectivity index (χ3v) is 10.1. The molecule has 30 heteroatoms. The van der Waals surface area contributed by atoms with Crippen molar-refractivity contribution in [2.24, 2.45) is 0 Å².